The van der Waals surface area contributed by atoms with Crippen molar-refractivity contribution >= 4 is 23.2 Å². The molecule has 1 N–H and O–H groups in total. The number of fused-ring (bicyclic) bond motifs is 1. The van der Waals surface area contributed by atoms with Crippen molar-refractivity contribution in [3.05, 3.63) is 21.4 Å². The lowest BCUT2D eigenvalue weighted by Gasteiger charge is -2.29. The zero-order valence-corrected chi connectivity index (χ0v) is 14.5. The van der Waals surface area contributed by atoms with Crippen LogP contribution in [-0.2, 0) is 22.4 Å². The van der Waals surface area contributed by atoms with E-state index in [0.717, 1.165) is 32.1 Å². The molecule has 0 unspecified atom stereocenters. The number of amides is 1. The SMILES string of the molecule is C[C@@H]1CCCC[C@H]1NC(=O)COC(=O)c1cc2c(s1)CCCC2. The molecule has 126 valence electrons. The standard InChI is InChI=1S/C18H25NO3S/c1-12-6-2-4-8-14(12)19-17(20)11-22-18(21)16-10-13-7-3-5-9-15(13)23-16/h10,12,14H,2-9,11H2,1H3,(H,19,20)/t12-,14-/m1/s1. The Balaban J connectivity index is 1.48. The van der Waals surface area contributed by atoms with Crippen LogP contribution in [0.3, 0.4) is 0 Å². The van der Waals surface area contributed by atoms with Gasteiger partial charge in [0.25, 0.3) is 5.91 Å². The van der Waals surface area contributed by atoms with Gasteiger partial charge in [0.05, 0.1) is 0 Å². The molecule has 3 rings (SSSR count). The first-order chi connectivity index (χ1) is 11.1. The molecule has 0 bridgehead atoms. The smallest absolute Gasteiger partial charge is 0.348 e. The third-order valence-corrected chi connectivity index (χ3v) is 6.21. The number of esters is 1. The number of hydrogen-bond donors (Lipinski definition) is 1. The van der Waals surface area contributed by atoms with E-state index in [2.05, 4.69) is 12.2 Å². The molecular weight excluding hydrogens is 310 g/mol. The fourth-order valence-electron chi connectivity index (χ4n) is 3.57. The lowest BCUT2D eigenvalue weighted by molar-refractivity contribution is -0.125. The first-order valence-electron chi connectivity index (χ1n) is 8.71. The van der Waals surface area contributed by atoms with Crippen LogP contribution in [0.1, 0.15) is 65.6 Å². The van der Waals surface area contributed by atoms with Gasteiger partial charge in [0, 0.05) is 10.9 Å². The van der Waals surface area contributed by atoms with Crippen LogP contribution in [0.2, 0.25) is 0 Å². The normalized spacial score (nSPS) is 23.9. The number of ether oxygens (including phenoxy) is 1. The molecule has 0 radical (unpaired) electrons. The maximum absolute atomic E-state index is 12.1. The first kappa shape index (κ1) is 16.5. The summed E-state index contributed by atoms with van der Waals surface area (Å²) in [4.78, 5) is 26.1. The van der Waals surface area contributed by atoms with E-state index in [9.17, 15) is 9.59 Å². The van der Waals surface area contributed by atoms with E-state index in [-0.39, 0.29) is 24.5 Å². The molecule has 1 heterocycles. The highest BCUT2D eigenvalue weighted by Crippen LogP contribution is 2.30. The summed E-state index contributed by atoms with van der Waals surface area (Å²) in [6.07, 6.45) is 9.10. The van der Waals surface area contributed by atoms with Gasteiger partial charge < -0.3 is 10.1 Å². The van der Waals surface area contributed by atoms with Crippen molar-refractivity contribution in [1.29, 1.82) is 0 Å². The highest BCUT2D eigenvalue weighted by Gasteiger charge is 2.24. The van der Waals surface area contributed by atoms with Gasteiger partial charge in [-0.15, -0.1) is 11.3 Å². The molecule has 1 fully saturated rings. The predicted molar refractivity (Wildman–Crippen MR) is 90.8 cm³/mol. The second-order valence-electron chi connectivity index (χ2n) is 6.78. The minimum absolute atomic E-state index is 0.176. The number of hydrogen-bond acceptors (Lipinski definition) is 4. The second kappa shape index (κ2) is 7.47. The number of aryl methyl sites for hydroxylation is 2. The van der Waals surface area contributed by atoms with E-state index < -0.39 is 0 Å². The van der Waals surface area contributed by atoms with Gasteiger partial charge in [-0.25, -0.2) is 4.79 Å². The van der Waals surface area contributed by atoms with E-state index in [1.807, 2.05) is 6.07 Å². The summed E-state index contributed by atoms with van der Waals surface area (Å²) in [6.45, 7) is 2.00. The largest absolute Gasteiger partial charge is 0.451 e. The molecule has 2 aliphatic carbocycles. The number of rotatable bonds is 4. The summed E-state index contributed by atoms with van der Waals surface area (Å²) in [7, 11) is 0. The Hall–Kier alpha value is -1.36. The monoisotopic (exact) mass is 335 g/mol. The maximum Gasteiger partial charge on any atom is 0.348 e. The maximum atomic E-state index is 12.1. The highest BCUT2D eigenvalue weighted by atomic mass is 32.1. The van der Waals surface area contributed by atoms with Crippen LogP contribution in [-0.4, -0.2) is 24.5 Å². The molecule has 1 amide bonds. The average molecular weight is 335 g/mol. The molecule has 0 saturated heterocycles. The summed E-state index contributed by atoms with van der Waals surface area (Å²) in [6, 6.07) is 2.17. The second-order valence-corrected chi connectivity index (χ2v) is 7.91. The van der Waals surface area contributed by atoms with Crippen molar-refractivity contribution in [3.63, 3.8) is 0 Å². The van der Waals surface area contributed by atoms with Gasteiger partial charge in [-0.2, -0.15) is 0 Å². The zero-order valence-electron chi connectivity index (χ0n) is 13.7. The van der Waals surface area contributed by atoms with Crippen molar-refractivity contribution in [1.82, 2.24) is 5.32 Å². The Morgan fingerprint density at radius 3 is 2.78 bits per heavy atom. The van der Waals surface area contributed by atoms with E-state index >= 15 is 0 Å². The number of nitrogens with one attached hydrogen (secondary N) is 1. The van der Waals surface area contributed by atoms with Crippen LogP contribution >= 0.6 is 11.3 Å². The van der Waals surface area contributed by atoms with Gasteiger partial charge in [0.2, 0.25) is 0 Å². The molecule has 0 spiro atoms. The fourth-order valence-corrected chi connectivity index (χ4v) is 4.72. The minimum Gasteiger partial charge on any atom is -0.451 e. The third-order valence-electron chi connectivity index (χ3n) is 4.99. The van der Waals surface area contributed by atoms with Gasteiger partial charge >= 0.3 is 5.97 Å². The number of carbonyl (C=O) groups excluding carboxylic acids is 2. The van der Waals surface area contributed by atoms with E-state index in [1.54, 1.807) is 0 Å². The summed E-state index contributed by atoms with van der Waals surface area (Å²) in [5.41, 5.74) is 1.29. The predicted octanol–water partition coefficient (Wildman–Crippen LogP) is 3.48. The highest BCUT2D eigenvalue weighted by molar-refractivity contribution is 7.14. The third kappa shape index (κ3) is 4.14. The first-order valence-corrected chi connectivity index (χ1v) is 9.53. The lowest BCUT2D eigenvalue weighted by Crippen LogP contribution is -2.42. The van der Waals surface area contributed by atoms with Gasteiger partial charge in [0.1, 0.15) is 4.88 Å². The van der Waals surface area contributed by atoms with Crippen molar-refractivity contribution in [2.75, 3.05) is 6.61 Å². The molecule has 0 aliphatic heterocycles. The van der Waals surface area contributed by atoms with Crippen molar-refractivity contribution in [2.24, 2.45) is 5.92 Å². The molecule has 1 saturated carbocycles. The van der Waals surface area contributed by atoms with Gasteiger partial charge in [-0.1, -0.05) is 19.8 Å². The van der Waals surface area contributed by atoms with Gasteiger partial charge in [-0.05, 0) is 56.1 Å². The minimum atomic E-state index is -0.365. The average Bonchev–Trinajstić information content (AvgIpc) is 2.99. The zero-order chi connectivity index (χ0) is 16.2. The molecule has 2 aliphatic rings. The summed E-state index contributed by atoms with van der Waals surface area (Å²) >= 11 is 1.52. The van der Waals surface area contributed by atoms with Crippen LogP contribution in [0, 0.1) is 5.92 Å². The molecule has 1 aromatic rings. The quantitative estimate of drug-likeness (QED) is 0.857. The number of carbonyl (C=O) groups is 2. The molecule has 1 aromatic heterocycles. The van der Waals surface area contributed by atoms with Gasteiger partial charge in [0.15, 0.2) is 6.61 Å². The lowest BCUT2D eigenvalue weighted by atomic mass is 9.86. The Bertz CT molecular complexity index is 557. The fraction of sp³-hybridized carbons (Fsp3) is 0.667. The van der Waals surface area contributed by atoms with Crippen LogP contribution in [0.25, 0.3) is 0 Å². The van der Waals surface area contributed by atoms with Crippen LogP contribution < -0.4 is 5.32 Å². The van der Waals surface area contributed by atoms with Crippen molar-refractivity contribution in [3.8, 4) is 0 Å². The van der Waals surface area contributed by atoms with E-state index in [0.29, 0.717) is 10.8 Å². The van der Waals surface area contributed by atoms with Crippen LogP contribution in [0.15, 0.2) is 6.07 Å². The Kier molecular flexibility index (Phi) is 5.36. The van der Waals surface area contributed by atoms with Gasteiger partial charge in [-0.3, -0.25) is 4.79 Å². The Morgan fingerprint density at radius 1 is 1.22 bits per heavy atom. The topological polar surface area (TPSA) is 55.4 Å². The van der Waals surface area contributed by atoms with Crippen LogP contribution in [0.4, 0.5) is 0 Å². The van der Waals surface area contributed by atoms with E-state index in [4.69, 9.17) is 4.74 Å². The summed E-state index contributed by atoms with van der Waals surface area (Å²) < 4.78 is 5.20. The molecule has 2 atom stereocenters. The van der Waals surface area contributed by atoms with Crippen molar-refractivity contribution < 1.29 is 14.3 Å². The molecule has 5 heteroatoms. The van der Waals surface area contributed by atoms with Crippen LogP contribution in [0.5, 0.6) is 0 Å². The molecular formula is C18H25NO3S. The molecule has 23 heavy (non-hydrogen) atoms. The molecule has 4 nitrogen and oxygen atoms in total. The summed E-state index contributed by atoms with van der Waals surface area (Å²) in [5.74, 6) is -0.0397. The summed E-state index contributed by atoms with van der Waals surface area (Å²) in [5, 5.41) is 3.01. The molecule has 0 aromatic carbocycles. The number of thiophene rings is 1. The Morgan fingerprint density at radius 2 is 2.00 bits per heavy atom. The van der Waals surface area contributed by atoms with E-state index in [1.165, 1.54) is 41.0 Å². The Labute approximate surface area is 141 Å². The van der Waals surface area contributed by atoms with Crippen molar-refractivity contribution in [2.45, 2.75) is 64.3 Å².